The summed E-state index contributed by atoms with van der Waals surface area (Å²) < 4.78 is 1.66. The molecule has 0 aliphatic carbocycles. The molecular weight excluding hydrogens is 294 g/mol. The molecule has 4 N–H and O–H groups in total. The molecule has 0 atom stereocenters. The van der Waals surface area contributed by atoms with Gasteiger partial charge in [-0.2, -0.15) is 0 Å². The van der Waals surface area contributed by atoms with Crippen molar-refractivity contribution in [2.45, 2.75) is 19.5 Å². The molecule has 1 aromatic carbocycles. The van der Waals surface area contributed by atoms with Crippen LogP contribution >= 0.6 is 11.6 Å². The molecule has 0 spiro atoms. The Bertz CT molecular complexity index is 629. The second-order valence-electron chi connectivity index (χ2n) is 4.46. The molecule has 0 fully saturated rings. The minimum atomic E-state index is -0.510. The number of aliphatic hydroxyl groups excluding tert-OH is 1. The lowest BCUT2D eigenvalue weighted by atomic mass is 10.2. The number of nitrogens with one attached hydrogen (secondary N) is 1. The highest BCUT2D eigenvalue weighted by molar-refractivity contribution is 6.33. The zero-order valence-electron chi connectivity index (χ0n) is 11.3. The summed E-state index contributed by atoms with van der Waals surface area (Å²) >= 11 is 6.06. The fourth-order valence-electron chi connectivity index (χ4n) is 1.76. The monoisotopic (exact) mass is 309 g/mol. The topological polar surface area (TPSA) is 106 Å². The quantitative estimate of drug-likeness (QED) is 0.708. The van der Waals surface area contributed by atoms with Crippen LogP contribution in [0.4, 0.5) is 5.69 Å². The van der Waals surface area contributed by atoms with Gasteiger partial charge in [-0.15, -0.1) is 5.10 Å². The normalized spacial score (nSPS) is 10.6. The number of aromatic nitrogens is 3. The van der Waals surface area contributed by atoms with E-state index in [1.807, 2.05) is 0 Å². The number of aliphatic hydroxyl groups is 1. The summed E-state index contributed by atoms with van der Waals surface area (Å²) in [6.45, 7) is 1.14. The maximum atomic E-state index is 11.1. The number of hydrogen-bond acceptors (Lipinski definition) is 5. The van der Waals surface area contributed by atoms with Crippen LogP contribution in [0.2, 0.25) is 5.02 Å². The lowest BCUT2D eigenvalue weighted by Gasteiger charge is -2.07. The summed E-state index contributed by atoms with van der Waals surface area (Å²) in [4.78, 5) is 11.1. The number of nitrogens with zero attached hydrogens (tertiary/aromatic N) is 3. The van der Waals surface area contributed by atoms with Crippen molar-refractivity contribution in [2.24, 2.45) is 5.73 Å². The average molecular weight is 310 g/mol. The van der Waals surface area contributed by atoms with Gasteiger partial charge in [0.15, 0.2) is 0 Å². The minimum absolute atomic E-state index is 0.114. The van der Waals surface area contributed by atoms with Crippen LogP contribution in [-0.2, 0) is 13.1 Å². The van der Waals surface area contributed by atoms with Gasteiger partial charge in [-0.25, -0.2) is 0 Å². The second-order valence-corrected chi connectivity index (χ2v) is 4.87. The Balaban J connectivity index is 2.00. The van der Waals surface area contributed by atoms with Gasteiger partial charge in [-0.1, -0.05) is 16.8 Å². The number of anilines is 1. The van der Waals surface area contributed by atoms with Crippen molar-refractivity contribution >= 4 is 23.2 Å². The van der Waals surface area contributed by atoms with Crippen molar-refractivity contribution in [1.29, 1.82) is 0 Å². The highest BCUT2D eigenvalue weighted by Crippen LogP contribution is 2.23. The molecular formula is C13H16ClN5O2. The molecule has 0 aliphatic heterocycles. The van der Waals surface area contributed by atoms with Crippen LogP contribution in [0.25, 0.3) is 0 Å². The van der Waals surface area contributed by atoms with Gasteiger partial charge >= 0.3 is 0 Å². The van der Waals surface area contributed by atoms with Crippen molar-refractivity contribution in [3.05, 3.63) is 40.7 Å². The van der Waals surface area contributed by atoms with Gasteiger partial charge in [-0.05, 0) is 24.6 Å². The maximum Gasteiger partial charge on any atom is 0.248 e. The second kappa shape index (κ2) is 7.05. The van der Waals surface area contributed by atoms with Crippen LogP contribution in [0.1, 0.15) is 22.5 Å². The summed E-state index contributed by atoms with van der Waals surface area (Å²) in [7, 11) is 0. The molecule has 0 aliphatic rings. The number of amides is 1. The number of carbonyl (C=O) groups excluding carboxylic acids is 1. The van der Waals surface area contributed by atoms with E-state index in [-0.39, 0.29) is 6.61 Å². The zero-order valence-corrected chi connectivity index (χ0v) is 12.0. The molecule has 1 aromatic heterocycles. The van der Waals surface area contributed by atoms with Gasteiger partial charge in [0.2, 0.25) is 5.91 Å². The molecule has 1 amide bonds. The minimum Gasteiger partial charge on any atom is -0.396 e. The van der Waals surface area contributed by atoms with Crippen LogP contribution in [0.3, 0.4) is 0 Å². The number of primary amides is 1. The predicted molar refractivity (Wildman–Crippen MR) is 79.0 cm³/mol. The van der Waals surface area contributed by atoms with E-state index in [0.29, 0.717) is 35.8 Å². The van der Waals surface area contributed by atoms with E-state index in [1.54, 1.807) is 29.1 Å². The van der Waals surface area contributed by atoms with Gasteiger partial charge in [0.25, 0.3) is 0 Å². The Morgan fingerprint density at radius 1 is 1.48 bits per heavy atom. The number of nitrogens with two attached hydrogens (primary N) is 1. The van der Waals surface area contributed by atoms with Gasteiger partial charge < -0.3 is 16.2 Å². The first-order valence-electron chi connectivity index (χ1n) is 6.43. The fourth-order valence-corrected chi connectivity index (χ4v) is 1.95. The third kappa shape index (κ3) is 4.17. The third-order valence-electron chi connectivity index (χ3n) is 2.84. The highest BCUT2D eigenvalue weighted by atomic mass is 35.5. The Kier molecular flexibility index (Phi) is 5.13. The largest absolute Gasteiger partial charge is 0.396 e. The molecule has 21 heavy (non-hydrogen) atoms. The van der Waals surface area contributed by atoms with E-state index in [4.69, 9.17) is 22.4 Å². The first-order chi connectivity index (χ1) is 10.1. The van der Waals surface area contributed by atoms with E-state index in [1.165, 1.54) is 0 Å². The van der Waals surface area contributed by atoms with Crippen molar-refractivity contribution in [1.82, 2.24) is 15.0 Å². The Hall–Kier alpha value is -2.12. The predicted octanol–water partition coefficient (Wildman–Crippen LogP) is 1.02. The summed E-state index contributed by atoms with van der Waals surface area (Å²) in [5, 5.41) is 20.3. The van der Waals surface area contributed by atoms with Crippen LogP contribution < -0.4 is 11.1 Å². The lowest BCUT2D eigenvalue weighted by molar-refractivity contribution is 0.100. The van der Waals surface area contributed by atoms with Crippen molar-refractivity contribution < 1.29 is 9.90 Å². The van der Waals surface area contributed by atoms with Gasteiger partial charge in [0.05, 0.1) is 23.5 Å². The van der Waals surface area contributed by atoms with Crippen molar-refractivity contribution in [3.8, 4) is 0 Å². The number of carbonyl (C=O) groups is 1. The van der Waals surface area contributed by atoms with E-state index in [0.717, 1.165) is 5.69 Å². The third-order valence-corrected chi connectivity index (χ3v) is 3.17. The molecule has 0 unspecified atom stereocenters. The number of benzene rings is 1. The molecule has 7 nitrogen and oxygen atoms in total. The smallest absolute Gasteiger partial charge is 0.248 e. The van der Waals surface area contributed by atoms with Crippen LogP contribution in [0.15, 0.2) is 24.4 Å². The number of rotatable bonds is 7. The van der Waals surface area contributed by atoms with Gasteiger partial charge in [0, 0.05) is 18.7 Å². The van der Waals surface area contributed by atoms with Gasteiger partial charge in [-0.3, -0.25) is 9.48 Å². The number of hydrogen-bond donors (Lipinski definition) is 3. The SMILES string of the molecule is NC(=O)c1ccc(Cl)c(NCc2cn(CCCO)nn2)c1. The van der Waals surface area contributed by atoms with E-state index < -0.39 is 5.91 Å². The number of halogens is 1. The molecule has 2 rings (SSSR count). The first-order valence-corrected chi connectivity index (χ1v) is 6.81. The molecule has 0 saturated heterocycles. The van der Waals surface area contributed by atoms with E-state index in [9.17, 15) is 4.79 Å². The molecule has 1 heterocycles. The van der Waals surface area contributed by atoms with Crippen LogP contribution in [0.5, 0.6) is 0 Å². The number of aryl methyl sites for hydroxylation is 1. The maximum absolute atomic E-state index is 11.1. The molecule has 2 aromatic rings. The van der Waals surface area contributed by atoms with Crippen molar-refractivity contribution in [2.75, 3.05) is 11.9 Å². The zero-order chi connectivity index (χ0) is 15.2. The Morgan fingerprint density at radius 3 is 3.00 bits per heavy atom. The first kappa shape index (κ1) is 15.3. The van der Waals surface area contributed by atoms with E-state index >= 15 is 0 Å². The molecule has 112 valence electrons. The van der Waals surface area contributed by atoms with Gasteiger partial charge in [0.1, 0.15) is 5.69 Å². The molecule has 0 bridgehead atoms. The average Bonchev–Trinajstić information content (AvgIpc) is 2.92. The summed E-state index contributed by atoms with van der Waals surface area (Å²) in [6, 6.07) is 4.78. The Morgan fingerprint density at radius 2 is 2.29 bits per heavy atom. The van der Waals surface area contributed by atoms with E-state index in [2.05, 4.69) is 15.6 Å². The standard InChI is InChI=1S/C13H16ClN5O2/c14-11-3-2-9(13(15)21)6-12(11)16-7-10-8-19(18-17-10)4-1-5-20/h2-3,6,8,16,20H,1,4-5,7H2,(H2,15,21). The highest BCUT2D eigenvalue weighted by Gasteiger charge is 2.07. The summed E-state index contributed by atoms with van der Waals surface area (Å²) in [5.74, 6) is -0.510. The molecule has 0 saturated carbocycles. The summed E-state index contributed by atoms with van der Waals surface area (Å²) in [6.07, 6.45) is 2.41. The van der Waals surface area contributed by atoms with Crippen molar-refractivity contribution in [3.63, 3.8) is 0 Å². The summed E-state index contributed by atoms with van der Waals surface area (Å²) in [5.41, 5.74) is 6.96. The van der Waals surface area contributed by atoms with Crippen LogP contribution in [-0.4, -0.2) is 32.6 Å². The fraction of sp³-hybridized carbons (Fsp3) is 0.308. The van der Waals surface area contributed by atoms with Crippen LogP contribution in [0, 0.1) is 0 Å². The molecule has 8 heteroatoms. The lowest BCUT2D eigenvalue weighted by Crippen LogP contribution is -2.11. The molecule has 0 radical (unpaired) electrons. The Labute approximate surface area is 126 Å².